The van der Waals surface area contributed by atoms with Crippen LogP contribution in [0.25, 0.3) is 10.8 Å². The standard InChI is InChI=1S/C21H19NO5/c23-16(12-22-20(24)18-7-3-4-8-19(18)21(25)26)13-27-17-10-9-14-5-1-2-6-15(14)11-17/h1-11,16,23H,12-13H2,(H,22,24)(H,25,26)/p-1/t16-/m1/s1. The number of fused-ring (bicyclic) bond motifs is 1. The van der Waals surface area contributed by atoms with Gasteiger partial charge in [0.05, 0.1) is 5.97 Å². The van der Waals surface area contributed by atoms with E-state index in [4.69, 9.17) is 4.74 Å². The number of hydrogen-bond donors (Lipinski definition) is 2. The van der Waals surface area contributed by atoms with Crippen molar-refractivity contribution in [1.82, 2.24) is 5.32 Å². The highest BCUT2D eigenvalue weighted by atomic mass is 16.5. The van der Waals surface area contributed by atoms with Gasteiger partial charge >= 0.3 is 0 Å². The Morgan fingerprint density at radius 2 is 1.63 bits per heavy atom. The van der Waals surface area contributed by atoms with Gasteiger partial charge in [-0.05, 0) is 29.0 Å². The second-order valence-electron chi connectivity index (χ2n) is 6.02. The lowest BCUT2D eigenvalue weighted by Gasteiger charge is -2.15. The number of nitrogens with one attached hydrogen (secondary N) is 1. The molecule has 0 bridgehead atoms. The molecule has 0 saturated heterocycles. The Balaban J connectivity index is 1.54. The monoisotopic (exact) mass is 364 g/mol. The van der Waals surface area contributed by atoms with Gasteiger partial charge in [-0.3, -0.25) is 4.79 Å². The third-order valence-electron chi connectivity index (χ3n) is 4.05. The summed E-state index contributed by atoms with van der Waals surface area (Å²) in [5.74, 6) is -1.41. The Labute approximate surface area is 156 Å². The van der Waals surface area contributed by atoms with Crippen molar-refractivity contribution in [1.29, 1.82) is 0 Å². The first-order valence-corrected chi connectivity index (χ1v) is 8.43. The lowest BCUT2D eigenvalue weighted by Crippen LogP contribution is -2.36. The van der Waals surface area contributed by atoms with Gasteiger partial charge < -0.3 is 25.1 Å². The zero-order valence-corrected chi connectivity index (χ0v) is 14.4. The number of benzene rings is 3. The van der Waals surface area contributed by atoms with E-state index in [9.17, 15) is 19.8 Å². The van der Waals surface area contributed by atoms with Gasteiger partial charge in [-0.2, -0.15) is 0 Å². The van der Waals surface area contributed by atoms with E-state index >= 15 is 0 Å². The minimum atomic E-state index is -1.43. The van der Waals surface area contributed by atoms with Gasteiger partial charge in [0.15, 0.2) is 0 Å². The van der Waals surface area contributed by atoms with Crippen LogP contribution in [-0.2, 0) is 0 Å². The number of aliphatic hydroxyl groups excluding tert-OH is 1. The van der Waals surface area contributed by atoms with Crippen molar-refractivity contribution in [3.63, 3.8) is 0 Å². The fraction of sp³-hybridized carbons (Fsp3) is 0.143. The van der Waals surface area contributed by atoms with Crippen LogP contribution in [0.4, 0.5) is 0 Å². The SMILES string of the molecule is O=C([O-])c1ccccc1C(=O)NC[C@@H](O)COc1ccc2ccccc2c1. The summed E-state index contributed by atoms with van der Waals surface area (Å²) in [6, 6.07) is 19.2. The van der Waals surface area contributed by atoms with Crippen LogP contribution in [0.3, 0.4) is 0 Å². The fourth-order valence-corrected chi connectivity index (χ4v) is 2.67. The van der Waals surface area contributed by atoms with Crippen LogP contribution in [0.2, 0.25) is 0 Å². The van der Waals surface area contributed by atoms with E-state index in [0.29, 0.717) is 5.75 Å². The lowest BCUT2D eigenvalue weighted by atomic mass is 10.1. The predicted octanol–water partition coefficient (Wildman–Crippen LogP) is 1.37. The van der Waals surface area contributed by atoms with Crippen LogP contribution in [0.15, 0.2) is 66.7 Å². The second-order valence-corrected chi connectivity index (χ2v) is 6.02. The molecule has 0 spiro atoms. The Bertz CT molecular complexity index is 969. The molecule has 0 aliphatic carbocycles. The molecule has 1 atom stereocenters. The highest BCUT2D eigenvalue weighted by Gasteiger charge is 2.13. The molecule has 0 heterocycles. The van der Waals surface area contributed by atoms with Crippen molar-refractivity contribution in [3.8, 4) is 5.75 Å². The van der Waals surface area contributed by atoms with Crippen LogP contribution in [0.5, 0.6) is 5.75 Å². The van der Waals surface area contributed by atoms with Gasteiger partial charge in [-0.15, -0.1) is 0 Å². The molecule has 6 heteroatoms. The first-order valence-electron chi connectivity index (χ1n) is 8.43. The summed E-state index contributed by atoms with van der Waals surface area (Å²) in [6.45, 7) is -0.0887. The Morgan fingerprint density at radius 3 is 2.37 bits per heavy atom. The molecule has 3 aromatic rings. The predicted molar refractivity (Wildman–Crippen MR) is 98.6 cm³/mol. The molecule has 27 heavy (non-hydrogen) atoms. The Hall–Kier alpha value is -3.38. The van der Waals surface area contributed by atoms with Crippen molar-refractivity contribution < 1.29 is 24.5 Å². The number of ether oxygens (including phenoxy) is 1. The average Bonchev–Trinajstić information content (AvgIpc) is 2.70. The summed E-state index contributed by atoms with van der Waals surface area (Å²) in [5.41, 5.74) is -0.211. The highest BCUT2D eigenvalue weighted by Crippen LogP contribution is 2.20. The Morgan fingerprint density at radius 1 is 0.963 bits per heavy atom. The normalized spacial score (nSPS) is 11.7. The number of rotatable bonds is 7. The van der Waals surface area contributed by atoms with Crippen molar-refractivity contribution >= 4 is 22.6 Å². The molecule has 0 radical (unpaired) electrons. The minimum Gasteiger partial charge on any atom is -0.545 e. The molecular weight excluding hydrogens is 346 g/mol. The zero-order valence-electron chi connectivity index (χ0n) is 14.4. The number of hydrogen-bond acceptors (Lipinski definition) is 5. The van der Waals surface area contributed by atoms with Gasteiger partial charge in [0.25, 0.3) is 5.91 Å². The summed E-state index contributed by atoms with van der Waals surface area (Å²) in [4.78, 5) is 23.2. The first-order chi connectivity index (χ1) is 13.0. The van der Waals surface area contributed by atoms with Gasteiger partial charge in [-0.25, -0.2) is 0 Å². The maximum Gasteiger partial charge on any atom is 0.252 e. The van der Waals surface area contributed by atoms with Crippen LogP contribution in [-0.4, -0.2) is 36.2 Å². The molecule has 1 amide bonds. The fourth-order valence-electron chi connectivity index (χ4n) is 2.67. The van der Waals surface area contributed by atoms with E-state index < -0.39 is 18.0 Å². The van der Waals surface area contributed by atoms with Crippen molar-refractivity contribution in [2.45, 2.75) is 6.10 Å². The number of carbonyl (C=O) groups is 2. The van der Waals surface area contributed by atoms with Crippen LogP contribution >= 0.6 is 0 Å². The summed E-state index contributed by atoms with van der Waals surface area (Å²) in [5, 5.41) is 25.7. The number of aliphatic hydroxyl groups is 1. The van der Waals surface area contributed by atoms with E-state index in [1.54, 1.807) is 6.07 Å². The molecule has 6 nitrogen and oxygen atoms in total. The van der Waals surface area contributed by atoms with Crippen LogP contribution in [0, 0.1) is 0 Å². The molecule has 0 unspecified atom stereocenters. The van der Waals surface area contributed by atoms with Crippen molar-refractivity contribution in [2.24, 2.45) is 0 Å². The lowest BCUT2D eigenvalue weighted by molar-refractivity contribution is -0.255. The number of carbonyl (C=O) groups excluding carboxylic acids is 2. The zero-order chi connectivity index (χ0) is 19.2. The molecule has 3 aromatic carbocycles. The van der Waals surface area contributed by atoms with E-state index in [-0.39, 0.29) is 24.3 Å². The number of carboxylic acids is 1. The number of aromatic carboxylic acids is 1. The highest BCUT2D eigenvalue weighted by molar-refractivity contribution is 6.04. The summed E-state index contributed by atoms with van der Waals surface area (Å²) in [7, 11) is 0. The minimum absolute atomic E-state index is 0.0131. The Kier molecular flexibility index (Phi) is 5.68. The number of carboxylic acid groups (broad SMARTS) is 1. The molecule has 2 N–H and O–H groups in total. The third kappa shape index (κ3) is 4.62. The summed E-state index contributed by atoms with van der Waals surface area (Å²) in [6.07, 6.45) is -0.949. The molecule has 0 aromatic heterocycles. The summed E-state index contributed by atoms with van der Waals surface area (Å²) < 4.78 is 5.57. The molecule has 0 saturated carbocycles. The average molecular weight is 364 g/mol. The quantitative estimate of drug-likeness (QED) is 0.660. The second kappa shape index (κ2) is 8.33. The van der Waals surface area contributed by atoms with E-state index in [2.05, 4.69) is 5.32 Å². The molecule has 0 fully saturated rings. The van der Waals surface area contributed by atoms with Crippen LogP contribution < -0.4 is 15.2 Å². The van der Waals surface area contributed by atoms with Gasteiger partial charge in [0.2, 0.25) is 0 Å². The topological polar surface area (TPSA) is 98.7 Å². The molecular formula is C21H18NO5-. The molecule has 0 aliphatic heterocycles. The van der Waals surface area contributed by atoms with Gasteiger partial charge in [-0.1, -0.05) is 48.5 Å². The van der Waals surface area contributed by atoms with Crippen molar-refractivity contribution in [3.05, 3.63) is 77.9 Å². The van der Waals surface area contributed by atoms with Gasteiger partial charge in [0.1, 0.15) is 18.5 Å². The maximum atomic E-state index is 12.1. The molecule has 0 aliphatic rings. The number of amides is 1. The van der Waals surface area contributed by atoms with E-state index in [0.717, 1.165) is 10.8 Å². The molecule has 138 valence electrons. The van der Waals surface area contributed by atoms with E-state index in [1.165, 1.54) is 18.2 Å². The van der Waals surface area contributed by atoms with Crippen LogP contribution in [0.1, 0.15) is 20.7 Å². The third-order valence-corrected chi connectivity index (χ3v) is 4.05. The summed E-state index contributed by atoms with van der Waals surface area (Å²) >= 11 is 0. The molecule has 3 rings (SSSR count). The smallest absolute Gasteiger partial charge is 0.252 e. The van der Waals surface area contributed by atoms with E-state index in [1.807, 2.05) is 42.5 Å². The van der Waals surface area contributed by atoms with Crippen molar-refractivity contribution in [2.75, 3.05) is 13.2 Å². The van der Waals surface area contributed by atoms with Gasteiger partial charge in [0, 0.05) is 17.7 Å². The maximum absolute atomic E-state index is 12.1. The first kappa shape index (κ1) is 18.4. The largest absolute Gasteiger partial charge is 0.545 e.